The molecule has 2 rings (SSSR count). The van der Waals surface area contributed by atoms with E-state index < -0.39 is 30.6 Å². The number of carbonyl (C=O) groups is 3. The first-order valence-electron chi connectivity index (χ1n) is 8.88. The van der Waals surface area contributed by atoms with E-state index in [0.29, 0.717) is 5.76 Å². The molecule has 0 spiro atoms. The van der Waals surface area contributed by atoms with Gasteiger partial charge in [0, 0.05) is 0 Å². The summed E-state index contributed by atoms with van der Waals surface area (Å²) in [6.45, 7) is 3.33. The maximum Gasteiger partial charge on any atom is 0.408 e. The van der Waals surface area contributed by atoms with Crippen molar-refractivity contribution in [1.29, 1.82) is 0 Å². The van der Waals surface area contributed by atoms with Gasteiger partial charge in [0.05, 0.1) is 12.8 Å². The minimum Gasteiger partial charge on any atom is -0.467 e. The van der Waals surface area contributed by atoms with Gasteiger partial charge < -0.3 is 24.5 Å². The largest absolute Gasteiger partial charge is 0.467 e. The van der Waals surface area contributed by atoms with Gasteiger partial charge in [-0.25, -0.2) is 9.59 Å². The van der Waals surface area contributed by atoms with Gasteiger partial charge in [-0.05, 0) is 23.6 Å². The topological polar surface area (TPSA) is 107 Å². The number of hydrogen-bond donors (Lipinski definition) is 2. The molecule has 1 aromatic carbocycles. The second-order valence-electron chi connectivity index (χ2n) is 6.39. The molecule has 0 aliphatic rings. The van der Waals surface area contributed by atoms with Crippen LogP contribution in [-0.2, 0) is 32.2 Å². The third-order valence-electron chi connectivity index (χ3n) is 3.79. The number of benzene rings is 1. The standard InChI is InChI=1S/C20H24N2O6/c1-14(2)18(22-20(25)28-12-15-7-4-3-5-8-15)19(24)27-13-17(23)21-11-16-9-6-10-26-16/h3-10,14,18H,11-13H2,1-2H3,(H,21,23)(H,22,25)/t18-/m1/s1. The van der Waals surface area contributed by atoms with Crippen molar-refractivity contribution >= 4 is 18.0 Å². The van der Waals surface area contributed by atoms with Crippen molar-refractivity contribution in [3.05, 3.63) is 60.1 Å². The Balaban J connectivity index is 1.75. The second-order valence-corrected chi connectivity index (χ2v) is 6.39. The molecule has 0 radical (unpaired) electrons. The predicted octanol–water partition coefficient (Wildman–Crippen LogP) is 2.39. The van der Waals surface area contributed by atoms with Gasteiger partial charge in [0.1, 0.15) is 18.4 Å². The summed E-state index contributed by atoms with van der Waals surface area (Å²) in [5.74, 6) is -0.843. The summed E-state index contributed by atoms with van der Waals surface area (Å²) >= 11 is 0. The Kier molecular flexibility index (Phi) is 8.08. The van der Waals surface area contributed by atoms with Crippen molar-refractivity contribution in [2.75, 3.05) is 6.61 Å². The Labute approximate surface area is 163 Å². The van der Waals surface area contributed by atoms with Crippen LogP contribution in [0.5, 0.6) is 0 Å². The fourth-order valence-electron chi connectivity index (χ4n) is 2.27. The van der Waals surface area contributed by atoms with E-state index in [4.69, 9.17) is 13.9 Å². The van der Waals surface area contributed by atoms with Gasteiger partial charge in [-0.2, -0.15) is 0 Å². The minimum atomic E-state index is -0.929. The molecule has 0 unspecified atom stereocenters. The van der Waals surface area contributed by atoms with E-state index in [-0.39, 0.29) is 19.1 Å². The highest BCUT2D eigenvalue weighted by molar-refractivity contribution is 5.84. The van der Waals surface area contributed by atoms with Crippen molar-refractivity contribution in [1.82, 2.24) is 10.6 Å². The average molecular weight is 388 g/mol. The third kappa shape index (κ3) is 7.14. The lowest BCUT2D eigenvalue weighted by atomic mass is 10.1. The Hall–Kier alpha value is -3.29. The first-order chi connectivity index (χ1) is 13.5. The van der Waals surface area contributed by atoms with Gasteiger partial charge in [0.25, 0.3) is 5.91 Å². The van der Waals surface area contributed by atoms with Gasteiger partial charge >= 0.3 is 12.1 Å². The molecule has 8 nitrogen and oxygen atoms in total. The third-order valence-corrected chi connectivity index (χ3v) is 3.79. The van der Waals surface area contributed by atoms with E-state index in [1.165, 1.54) is 6.26 Å². The zero-order chi connectivity index (χ0) is 20.4. The van der Waals surface area contributed by atoms with Crippen molar-refractivity contribution in [3.63, 3.8) is 0 Å². The molecule has 28 heavy (non-hydrogen) atoms. The number of esters is 1. The Bertz CT molecular complexity index is 758. The fourth-order valence-corrected chi connectivity index (χ4v) is 2.27. The average Bonchev–Trinajstić information content (AvgIpc) is 3.21. The zero-order valence-electron chi connectivity index (χ0n) is 15.8. The van der Waals surface area contributed by atoms with Crippen LogP contribution in [0.1, 0.15) is 25.2 Å². The van der Waals surface area contributed by atoms with Crippen molar-refractivity contribution in [2.45, 2.75) is 33.0 Å². The van der Waals surface area contributed by atoms with E-state index in [2.05, 4.69) is 10.6 Å². The first kappa shape index (κ1) is 21.0. The molecular weight excluding hydrogens is 364 g/mol. The van der Waals surface area contributed by atoms with Crippen LogP contribution in [-0.4, -0.2) is 30.6 Å². The Morgan fingerprint density at radius 2 is 1.79 bits per heavy atom. The van der Waals surface area contributed by atoms with E-state index in [1.807, 2.05) is 30.3 Å². The molecule has 0 aliphatic carbocycles. The molecule has 0 saturated heterocycles. The van der Waals surface area contributed by atoms with Gasteiger partial charge in [-0.3, -0.25) is 4.79 Å². The van der Waals surface area contributed by atoms with Gasteiger partial charge in [-0.1, -0.05) is 44.2 Å². The Morgan fingerprint density at radius 1 is 1.04 bits per heavy atom. The smallest absolute Gasteiger partial charge is 0.408 e. The van der Waals surface area contributed by atoms with Crippen LogP contribution < -0.4 is 10.6 Å². The van der Waals surface area contributed by atoms with Crippen LogP contribution in [0.15, 0.2) is 53.1 Å². The quantitative estimate of drug-likeness (QED) is 0.639. The molecule has 2 aromatic rings. The first-order valence-corrected chi connectivity index (χ1v) is 8.88. The van der Waals surface area contributed by atoms with Crippen LogP contribution in [0.25, 0.3) is 0 Å². The summed E-state index contributed by atoms with van der Waals surface area (Å²) in [6.07, 6.45) is 0.763. The van der Waals surface area contributed by atoms with E-state index in [0.717, 1.165) is 5.56 Å². The number of amides is 2. The summed E-state index contributed by atoms with van der Waals surface area (Å²) in [4.78, 5) is 36.0. The molecule has 1 aromatic heterocycles. The maximum absolute atomic E-state index is 12.2. The van der Waals surface area contributed by atoms with Crippen molar-refractivity contribution in [3.8, 4) is 0 Å². The highest BCUT2D eigenvalue weighted by Gasteiger charge is 2.27. The lowest BCUT2D eigenvalue weighted by Crippen LogP contribution is -2.46. The fraction of sp³-hybridized carbons (Fsp3) is 0.350. The molecule has 0 saturated carbocycles. The summed E-state index contributed by atoms with van der Waals surface area (Å²) in [5, 5.41) is 5.05. The highest BCUT2D eigenvalue weighted by atomic mass is 16.6. The lowest BCUT2D eigenvalue weighted by molar-refractivity contribution is -0.151. The molecule has 0 fully saturated rings. The number of nitrogens with one attached hydrogen (secondary N) is 2. The monoisotopic (exact) mass is 388 g/mol. The van der Waals surface area contributed by atoms with E-state index >= 15 is 0 Å². The zero-order valence-corrected chi connectivity index (χ0v) is 15.8. The number of ether oxygens (including phenoxy) is 2. The van der Waals surface area contributed by atoms with Gasteiger partial charge in [-0.15, -0.1) is 0 Å². The normalized spacial score (nSPS) is 11.5. The summed E-state index contributed by atoms with van der Waals surface area (Å²) in [6, 6.07) is 11.7. The van der Waals surface area contributed by atoms with E-state index in [1.54, 1.807) is 26.0 Å². The number of furan rings is 1. The summed E-state index contributed by atoms with van der Waals surface area (Å²) < 4.78 is 15.2. The molecule has 0 aliphatic heterocycles. The molecule has 8 heteroatoms. The second kappa shape index (κ2) is 10.8. The van der Waals surface area contributed by atoms with Crippen molar-refractivity contribution in [2.24, 2.45) is 5.92 Å². The minimum absolute atomic E-state index is 0.0850. The molecule has 1 heterocycles. The molecule has 1 atom stereocenters. The lowest BCUT2D eigenvalue weighted by Gasteiger charge is -2.20. The molecule has 0 bridgehead atoms. The molecule has 2 amide bonds. The predicted molar refractivity (Wildman–Crippen MR) is 99.9 cm³/mol. The number of rotatable bonds is 9. The molecule has 2 N–H and O–H groups in total. The highest BCUT2D eigenvalue weighted by Crippen LogP contribution is 2.06. The summed E-state index contributed by atoms with van der Waals surface area (Å²) in [7, 11) is 0. The van der Waals surface area contributed by atoms with Crippen LogP contribution >= 0.6 is 0 Å². The van der Waals surface area contributed by atoms with Crippen LogP contribution in [0.4, 0.5) is 4.79 Å². The summed E-state index contributed by atoms with van der Waals surface area (Å²) in [5.41, 5.74) is 0.828. The molecular formula is C20H24N2O6. The Morgan fingerprint density at radius 3 is 2.43 bits per heavy atom. The maximum atomic E-state index is 12.2. The van der Waals surface area contributed by atoms with E-state index in [9.17, 15) is 14.4 Å². The van der Waals surface area contributed by atoms with Crippen molar-refractivity contribution < 1.29 is 28.3 Å². The van der Waals surface area contributed by atoms with Gasteiger partial charge in [0.2, 0.25) is 0 Å². The van der Waals surface area contributed by atoms with Crippen LogP contribution in [0.2, 0.25) is 0 Å². The number of alkyl carbamates (subject to hydrolysis) is 1. The molecule has 150 valence electrons. The van der Waals surface area contributed by atoms with Gasteiger partial charge in [0.15, 0.2) is 6.61 Å². The number of carbonyl (C=O) groups excluding carboxylic acids is 3. The van der Waals surface area contributed by atoms with Crippen LogP contribution in [0.3, 0.4) is 0 Å². The SMILES string of the molecule is CC(C)[C@@H](NC(=O)OCc1ccccc1)C(=O)OCC(=O)NCc1ccco1. The number of hydrogen-bond acceptors (Lipinski definition) is 6. The van der Waals surface area contributed by atoms with Crippen LogP contribution in [0, 0.1) is 5.92 Å².